The molecule has 0 bridgehead atoms. The lowest BCUT2D eigenvalue weighted by Crippen LogP contribution is -2.40. The van der Waals surface area contributed by atoms with Crippen molar-refractivity contribution in [1.82, 2.24) is 10.6 Å². The molecule has 1 atom stereocenters. The average Bonchev–Trinajstić information content (AvgIpc) is 2.54. The van der Waals surface area contributed by atoms with Gasteiger partial charge in [0.2, 0.25) is 5.91 Å². The number of rotatable bonds is 5. The minimum absolute atomic E-state index is 0.00792. The molecule has 2 rings (SSSR count). The maximum atomic E-state index is 12.4. The van der Waals surface area contributed by atoms with E-state index in [4.69, 9.17) is 4.74 Å². The molecule has 22 heavy (non-hydrogen) atoms. The zero-order chi connectivity index (χ0) is 15.9. The van der Waals surface area contributed by atoms with Crippen molar-refractivity contribution < 1.29 is 14.3 Å². The van der Waals surface area contributed by atoms with Gasteiger partial charge in [0.15, 0.2) is 0 Å². The van der Waals surface area contributed by atoms with Gasteiger partial charge in [-0.15, -0.1) is 0 Å². The Bertz CT molecular complexity index is 530. The second-order valence-electron chi connectivity index (χ2n) is 5.42. The van der Waals surface area contributed by atoms with Crippen molar-refractivity contribution in [2.24, 2.45) is 5.92 Å². The van der Waals surface area contributed by atoms with E-state index in [0.717, 1.165) is 36.0 Å². The maximum absolute atomic E-state index is 12.4. The summed E-state index contributed by atoms with van der Waals surface area (Å²) in [5.41, 5.74) is 0.891. The molecular formula is C16H21BrN2O3. The Morgan fingerprint density at radius 1 is 1.41 bits per heavy atom. The van der Waals surface area contributed by atoms with Crippen LogP contribution in [0.15, 0.2) is 28.7 Å². The third kappa shape index (κ3) is 4.81. The molecule has 120 valence electrons. The summed E-state index contributed by atoms with van der Waals surface area (Å²) in [7, 11) is 1.36. The first kappa shape index (κ1) is 17.0. The zero-order valence-electron chi connectivity index (χ0n) is 12.6. The van der Waals surface area contributed by atoms with Crippen LogP contribution in [-0.2, 0) is 14.3 Å². The lowest BCUT2D eigenvalue weighted by Gasteiger charge is -2.25. The van der Waals surface area contributed by atoms with Gasteiger partial charge in [-0.3, -0.25) is 9.59 Å². The van der Waals surface area contributed by atoms with Crippen LogP contribution in [0.5, 0.6) is 0 Å². The highest BCUT2D eigenvalue weighted by molar-refractivity contribution is 9.10. The lowest BCUT2D eigenvalue weighted by atomic mass is 9.95. The Kier molecular flexibility index (Phi) is 6.39. The van der Waals surface area contributed by atoms with Crippen molar-refractivity contribution in [3.63, 3.8) is 0 Å². The lowest BCUT2D eigenvalue weighted by molar-refractivity contribution is -0.141. The Morgan fingerprint density at radius 3 is 2.77 bits per heavy atom. The summed E-state index contributed by atoms with van der Waals surface area (Å²) in [4.78, 5) is 24.1. The van der Waals surface area contributed by atoms with Crippen LogP contribution in [0.2, 0.25) is 0 Å². The van der Waals surface area contributed by atoms with E-state index < -0.39 is 0 Å². The van der Waals surface area contributed by atoms with Crippen molar-refractivity contribution in [2.45, 2.75) is 25.3 Å². The third-order valence-corrected chi connectivity index (χ3v) is 4.37. The van der Waals surface area contributed by atoms with E-state index in [2.05, 4.69) is 26.6 Å². The second-order valence-corrected chi connectivity index (χ2v) is 6.34. The van der Waals surface area contributed by atoms with E-state index in [1.165, 1.54) is 7.11 Å². The number of carbonyl (C=O) groups excluding carboxylic acids is 2. The Labute approximate surface area is 138 Å². The Hall–Kier alpha value is -1.40. The van der Waals surface area contributed by atoms with Gasteiger partial charge in [-0.25, -0.2) is 0 Å². The zero-order valence-corrected chi connectivity index (χ0v) is 14.2. The van der Waals surface area contributed by atoms with Crippen LogP contribution in [0.1, 0.15) is 30.9 Å². The second kappa shape index (κ2) is 8.29. The molecule has 1 aliphatic heterocycles. The van der Waals surface area contributed by atoms with E-state index >= 15 is 0 Å². The molecule has 0 radical (unpaired) electrons. The molecule has 1 aromatic carbocycles. The van der Waals surface area contributed by atoms with Crippen molar-refractivity contribution in [3.05, 3.63) is 34.3 Å². The molecule has 6 heteroatoms. The fraction of sp³-hybridized carbons (Fsp3) is 0.500. The topological polar surface area (TPSA) is 67.4 Å². The molecule has 1 aromatic rings. The summed E-state index contributed by atoms with van der Waals surface area (Å²) in [5, 5.41) is 6.25. The van der Waals surface area contributed by atoms with Gasteiger partial charge in [-0.1, -0.05) is 28.1 Å². The number of nitrogens with one attached hydrogen (secondary N) is 2. The van der Waals surface area contributed by atoms with E-state index in [1.807, 2.05) is 24.3 Å². The van der Waals surface area contributed by atoms with E-state index in [0.29, 0.717) is 0 Å². The maximum Gasteiger partial charge on any atom is 0.307 e. The number of halogens is 1. The molecule has 0 aromatic heterocycles. The van der Waals surface area contributed by atoms with Gasteiger partial charge in [0, 0.05) is 10.4 Å². The molecule has 1 fully saturated rings. The van der Waals surface area contributed by atoms with Crippen LogP contribution < -0.4 is 10.6 Å². The summed E-state index contributed by atoms with van der Waals surface area (Å²) < 4.78 is 5.66. The SMILES string of the molecule is COC(=O)CC(NC(=O)C1CCNCC1)c1cccc(Br)c1. The van der Waals surface area contributed by atoms with E-state index in [-0.39, 0.29) is 30.3 Å². The number of esters is 1. The fourth-order valence-electron chi connectivity index (χ4n) is 2.60. The Morgan fingerprint density at radius 2 is 2.14 bits per heavy atom. The predicted molar refractivity (Wildman–Crippen MR) is 87.3 cm³/mol. The van der Waals surface area contributed by atoms with E-state index in [9.17, 15) is 9.59 Å². The number of methoxy groups -OCH3 is 1. The van der Waals surface area contributed by atoms with Crippen LogP contribution in [0.3, 0.4) is 0 Å². The monoisotopic (exact) mass is 368 g/mol. The summed E-state index contributed by atoms with van der Waals surface area (Å²) in [5.74, 6) is -0.320. The molecule has 0 saturated carbocycles. The summed E-state index contributed by atoms with van der Waals surface area (Å²) >= 11 is 3.42. The van der Waals surface area contributed by atoms with Crippen molar-refractivity contribution >= 4 is 27.8 Å². The third-order valence-electron chi connectivity index (χ3n) is 3.88. The molecule has 2 N–H and O–H groups in total. The van der Waals surface area contributed by atoms with Gasteiger partial charge in [0.1, 0.15) is 0 Å². The van der Waals surface area contributed by atoms with Crippen LogP contribution in [0.4, 0.5) is 0 Å². The number of piperidine rings is 1. The van der Waals surface area contributed by atoms with Gasteiger partial charge < -0.3 is 15.4 Å². The molecule has 1 aliphatic rings. The van der Waals surface area contributed by atoms with Gasteiger partial charge in [0.25, 0.3) is 0 Å². The number of amides is 1. The highest BCUT2D eigenvalue weighted by Gasteiger charge is 2.25. The fourth-order valence-corrected chi connectivity index (χ4v) is 3.02. The molecule has 1 unspecified atom stereocenters. The van der Waals surface area contributed by atoms with Crippen LogP contribution >= 0.6 is 15.9 Å². The molecule has 0 aliphatic carbocycles. The molecule has 5 nitrogen and oxygen atoms in total. The summed E-state index contributed by atoms with van der Waals surface area (Å²) in [6.45, 7) is 1.72. The number of hydrogen-bond acceptors (Lipinski definition) is 4. The summed E-state index contributed by atoms with van der Waals surface area (Å²) in [6, 6.07) is 7.25. The highest BCUT2D eigenvalue weighted by Crippen LogP contribution is 2.23. The number of carbonyl (C=O) groups is 2. The highest BCUT2D eigenvalue weighted by atomic mass is 79.9. The first-order valence-electron chi connectivity index (χ1n) is 7.43. The van der Waals surface area contributed by atoms with Gasteiger partial charge in [0.05, 0.1) is 19.6 Å². The first-order chi connectivity index (χ1) is 10.6. The van der Waals surface area contributed by atoms with Crippen molar-refractivity contribution in [1.29, 1.82) is 0 Å². The smallest absolute Gasteiger partial charge is 0.307 e. The number of hydrogen-bond donors (Lipinski definition) is 2. The van der Waals surface area contributed by atoms with Crippen molar-refractivity contribution in [2.75, 3.05) is 20.2 Å². The molecular weight excluding hydrogens is 348 g/mol. The first-order valence-corrected chi connectivity index (χ1v) is 8.23. The molecule has 0 spiro atoms. The minimum Gasteiger partial charge on any atom is -0.469 e. The van der Waals surface area contributed by atoms with Gasteiger partial charge >= 0.3 is 5.97 Å². The minimum atomic E-state index is -0.368. The average molecular weight is 369 g/mol. The summed E-state index contributed by atoms with van der Waals surface area (Å²) in [6.07, 6.45) is 1.79. The number of benzene rings is 1. The van der Waals surface area contributed by atoms with Crippen LogP contribution in [0, 0.1) is 5.92 Å². The normalized spacial score (nSPS) is 16.8. The standard InChI is InChI=1S/C16H21BrN2O3/c1-22-15(20)10-14(12-3-2-4-13(17)9-12)19-16(21)11-5-7-18-8-6-11/h2-4,9,11,14,18H,5-8,10H2,1H3,(H,19,21). The molecule has 1 heterocycles. The van der Waals surface area contributed by atoms with Gasteiger partial charge in [-0.05, 0) is 43.6 Å². The Balaban J connectivity index is 2.09. The quantitative estimate of drug-likeness (QED) is 0.781. The van der Waals surface area contributed by atoms with Gasteiger partial charge in [-0.2, -0.15) is 0 Å². The largest absolute Gasteiger partial charge is 0.469 e. The van der Waals surface area contributed by atoms with Crippen LogP contribution in [0.25, 0.3) is 0 Å². The van der Waals surface area contributed by atoms with Crippen molar-refractivity contribution in [3.8, 4) is 0 Å². The van der Waals surface area contributed by atoms with E-state index in [1.54, 1.807) is 0 Å². The predicted octanol–water partition coefficient (Wildman–Crippen LogP) is 2.17. The molecule has 1 saturated heterocycles. The number of ether oxygens (including phenoxy) is 1. The molecule has 1 amide bonds. The van der Waals surface area contributed by atoms with Crippen LogP contribution in [-0.4, -0.2) is 32.1 Å².